The molecule has 4 aliphatic heterocycles. The molecule has 4 aliphatic rings. The standard InChI is InChI=1S/C24H26ClN3O4S/c1-14(13-29)28-20-23(32)27(16-8-4-3-7-15(16)25)12-6-10-24(20)19(22(28)31)18-17(33-24)9-5-11-26(2)21(18)30/h3-10,14,17-20,29H,11-13H2,1-2H3/t14-,17+,18-,19+,20?,24+/m1/s1. The lowest BCUT2D eigenvalue weighted by molar-refractivity contribution is -0.143. The number of thioether (sulfide) groups is 1. The van der Waals surface area contributed by atoms with Crippen LogP contribution < -0.4 is 4.90 Å². The van der Waals surface area contributed by atoms with Gasteiger partial charge < -0.3 is 19.8 Å². The molecule has 0 radical (unpaired) electrons. The number of carbonyl (C=O) groups is 3. The molecule has 0 aliphatic carbocycles. The number of hydrogen-bond acceptors (Lipinski definition) is 5. The Morgan fingerprint density at radius 2 is 1.91 bits per heavy atom. The van der Waals surface area contributed by atoms with Gasteiger partial charge in [-0.15, -0.1) is 11.8 Å². The Bertz CT molecular complexity index is 1080. The van der Waals surface area contributed by atoms with Crippen LogP contribution in [0.1, 0.15) is 6.92 Å². The monoisotopic (exact) mass is 487 g/mol. The molecule has 7 nitrogen and oxygen atoms in total. The molecule has 0 aromatic heterocycles. The van der Waals surface area contributed by atoms with Crippen molar-refractivity contribution in [1.82, 2.24) is 9.80 Å². The normalized spacial score (nSPS) is 34.2. The highest BCUT2D eigenvalue weighted by molar-refractivity contribution is 8.02. The number of fused-ring (bicyclic) bond motifs is 2. The molecule has 5 rings (SSSR count). The van der Waals surface area contributed by atoms with E-state index in [0.29, 0.717) is 23.8 Å². The number of likely N-dealkylation sites (tertiary alicyclic amines) is 1. The van der Waals surface area contributed by atoms with Crippen molar-refractivity contribution in [2.75, 3.05) is 31.6 Å². The zero-order chi connectivity index (χ0) is 23.5. The van der Waals surface area contributed by atoms with Crippen LogP contribution in [-0.2, 0) is 14.4 Å². The van der Waals surface area contributed by atoms with E-state index >= 15 is 0 Å². The summed E-state index contributed by atoms with van der Waals surface area (Å²) in [5.41, 5.74) is 0.575. The van der Waals surface area contributed by atoms with E-state index in [1.54, 1.807) is 42.0 Å². The van der Waals surface area contributed by atoms with Crippen molar-refractivity contribution in [2.45, 2.75) is 29.0 Å². The zero-order valence-electron chi connectivity index (χ0n) is 18.4. The number of hydrogen-bond donors (Lipinski definition) is 1. The fraction of sp³-hybridized carbons (Fsp3) is 0.458. The molecule has 0 bridgehead atoms. The predicted octanol–water partition coefficient (Wildman–Crippen LogP) is 1.95. The molecule has 1 unspecified atom stereocenters. The Kier molecular flexibility index (Phi) is 5.58. The van der Waals surface area contributed by atoms with E-state index in [0.717, 1.165) is 0 Å². The number of nitrogens with zero attached hydrogens (tertiary/aromatic N) is 3. The summed E-state index contributed by atoms with van der Waals surface area (Å²) in [7, 11) is 1.74. The van der Waals surface area contributed by atoms with Gasteiger partial charge >= 0.3 is 0 Å². The highest BCUT2D eigenvalue weighted by atomic mass is 35.5. The molecule has 4 heterocycles. The first-order valence-electron chi connectivity index (χ1n) is 11.1. The van der Waals surface area contributed by atoms with Crippen molar-refractivity contribution < 1.29 is 19.5 Å². The lowest BCUT2D eigenvalue weighted by Gasteiger charge is -2.37. The minimum absolute atomic E-state index is 0.0852. The molecule has 1 N–H and O–H groups in total. The van der Waals surface area contributed by atoms with Gasteiger partial charge in [0.05, 0.1) is 39.9 Å². The van der Waals surface area contributed by atoms with Crippen molar-refractivity contribution in [3.8, 4) is 0 Å². The van der Waals surface area contributed by atoms with Gasteiger partial charge in [0, 0.05) is 25.4 Å². The van der Waals surface area contributed by atoms with E-state index in [4.69, 9.17) is 11.6 Å². The fourth-order valence-corrected chi connectivity index (χ4v) is 7.88. The maximum atomic E-state index is 14.1. The van der Waals surface area contributed by atoms with Crippen molar-refractivity contribution in [3.63, 3.8) is 0 Å². The smallest absolute Gasteiger partial charge is 0.251 e. The summed E-state index contributed by atoms with van der Waals surface area (Å²) in [6, 6.07) is 5.71. The lowest BCUT2D eigenvalue weighted by Crippen LogP contribution is -2.56. The largest absolute Gasteiger partial charge is 0.394 e. The van der Waals surface area contributed by atoms with E-state index in [2.05, 4.69) is 0 Å². The molecule has 2 saturated heterocycles. The van der Waals surface area contributed by atoms with Gasteiger partial charge in [0.1, 0.15) is 6.04 Å². The number of amides is 3. The van der Waals surface area contributed by atoms with Gasteiger partial charge in [-0.2, -0.15) is 0 Å². The van der Waals surface area contributed by atoms with Gasteiger partial charge in [-0.3, -0.25) is 14.4 Å². The van der Waals surface area contributed by atoms with E-state index in [-0.39, 0.29) is 29.6 Å². The van der Waals surface area contributed by atoms with Crippen LogP contribution in [0, 0.1) is 11.8 Å². The van der Waals surface area contributed by atoms with Crippen LogP contribution in [0.3, 0.4) is 0 Å². The van der Waals surface area contributed by atoms with E-state index in [9.17, 15) is 19.5 Å². The number of likely N-dealkylation sites (N-methyl/N-ethyl adjacent to an activating group) is 1. The number of benzene rings is 1. The minimum Gasteiger partial charge on any atom is -0.394 e. The Labute approximate surface area is 202 Å². The average Bonchev–Trinajstić information content (AvgIpc) is 3.14. The van der Waals surface area contributed by atoms with Gasteiger partial charge in [-0.1, -0.05) is 48.0 Å². The van der Waals surface area contributed by atoms with Crippen molar-refractivity contribution in [3.05, 3.63) is 53.6 Å². The summed E-state index contributed by atoms with van der Waals surface area (Å²) in [4.78, 5) is 46.1. The second-order valence-corrected chi connectivity index (χ2v) is 11.0. The molecule has 1 aromatic carbocycles. The number of aliphatic hydroxyl groups is 1. The third-order valence-electron chi connectivity index (χ3n) is 7.18. The molecular weight excluding hydrogens is 462 g/mol. The molecule has 6 atom stereocenters. The summed E-state index contributed by atoms with van der Waals surface area (Å²) in [6.07, 6.45) is 7.83. The van der Waals surface area contributed by atoms with Crippen LogP contribution in [0.4, 0.5) is 5.69 Å². The molecule has 0 saturated carbocycles. The van der Waals surface area contributed by atoms with Gasteiger partial charge in [0.2, 0.25) is 11.8 Å². The number of anilines is 1. The quantitative estimate of drug-likeness (QED) is 0.659. The molecule has 174 valence electrons. The second-order valence-electron chi connectivity index (χ2n) is 9.07. The average molecular weight is 488 g/mol. The maximum absolute atomic E-state index is 14.1. The topological polar surface area (TPSA) is 81.2 Å². The van der Waals surface area contributed by atoms with Crippen molar-refractivity contribution >= 4 is 46.8 Å². The Balaban J connectivity index is 1.66. The van der Waals surface area contributed by atoms with Gasteiger partial charge in [-0.25, -0.2) is 0 Å². The first kappa shape index (κ1) is 22.5. The predicted molar refractivity (Wildman–Crippen MR) is 128 cm³/mol. The molecule has 9 heteroatoms. The van der Waals surface area contributed by atoms with Gasteiger partial charge in [-0.05, 0) is 19.1 Å². The summed E-state index contributed by atoms with van der Waals surface area (Å²) in [5, 5.41) is 10.2. The Hall–Kier alpha value is -2.29. The fourth-order valence-electron chi connectivity index (χ4n) is 5.65. The molecule has 33 heavy (non-hydrogen) atoms. The number of para-hydroxylation sites is 1. The van der Waals surface area contributed by atoms with Gasteiger partial charge in [0.15, 0.2) is 0 Å². The second kappa shape index (κ2) is 8.18. The molecule has 1 aromatic rings. The molecule has 3 amide bonds. The summed E-state index contributed by atoms with van der Waals surface area (Å²) < 4.78 is -0.902. The lowest BCUT2D eigenvalue weighted by atomic mass is 9.78. The first-order valence-corrected chi connectivity index (χ1v) is 12.3. The summed E-state index contributed by atoms with van der Waals surface area (Å²) in [5.74, 6) is -1.84. The van der Waals surface area contributed by atoms with E-state index in [1.165, 1.54) is 16.7 Å². The number of rotatable bonds is 3. The van der Waals surface area contributed by atoms with Crippen LogP contribution in [-0.4, -0.2) is 81.5 Å². The first-order chi connectivity index (χ1) is 15.8. The highest BCUT2D eigenvalue weighted by Gasteiger charge is 2.71. The van der Waals surface area contributed by atoms with Crippen LogP contribution in [0.15, 0.2) is 48.6 Å². The van der Waals surface area contributed by atoms with Crippen LogP contribution >= 0.6 is 23.4 Å². The van der Waals surface area contributed by atoms with E-state index < -0.39 is 28.7 Å². The third-order valence-corrected chi connectivity index (χ3v) is 9.24. The minimum atomic E-state index is -0.902. The third kappa shape index (κ3) is 3.18. The van der Waals surface area contributed by atoms with Crippen molar-refractivity contribution in [1.29, 1.82) is 0 Å². The van der Waals surface area contributed by atoms with E-state index in [1.807, 2.05) is 30.4 Å². The Morgan fingerprint density at radius 3 is 2.64 bits per heavy atom. The zero-order valence-corrected chi connectivity index (χ0v) is 20.0. The molecule has 1 spiro atoms. The van der Waals surface area contributed by atoms with Gasteiger partial charge in [0.25, 0.3) is 5.91 Å². The number of aliphatic hydroxyl groups excluding tert-OH is 1. The number of carbonyl (C=O) groups excluding carboxylic acids is 3. The van der Waals surface area contributed by atoms with Crippen LogP contribution in [0.5, 0.6) is 0 Å². The SMILES string of the molecule is C[C@H](CO)N1C(=O)[C@@H]2[C@@H]3C(=O)N(C)CC=C[C@@H]3S[C@@]23C=CCN(c2ccccc2Cl)C(=O)C13. The Morgan fingerprint density at radius 1 is 1.15 bits per heavy atom. The number of halogens is 1. The molecular formula is C24H26ClN3O4S. The molecule has 2 fully saturated rings. The highest BCUT2D eigenvalue weighted by Crippen LogP contribution is 2.61. The summed E-state index contributed by atoms with van der Waals surface area (Å²) in [6.45, 7) is 2.26. The maximum Gasteiger partial charge on any atom is 0.251 e. The van der Waals surface area contributed by atoms with Crippen molar-refractivity contribution in [2.24, 2.45) is 11.8 Å². The summed E-state index contributed by atoms with van der Waals surface area (Å²) >= 11 is 7.96. The van der Waals surface area contributed by atoms with Crippen LogP contribution in [0.25, 0.3) is 0 Å². The van der Waals surface area contributed by atoms with Crippen LogP contribution in [0.2, 0.25) is 5.02 Å².